The second-order valence-electron chi connectivity index (χ2n) is 5.86. The predicted molar refractivity (Wildman–Crippen MR) is 99.4 cm³/mol. The summed E-state index contributed by atoms with van der Waals surface area (Å²) in [5.41, 5.74) is 6.24. The molecule has 142 valence electrons. The summed E-state index contributed by atoms with van der Waals surface area (Å²) in [6, 6.07) is 8.13. The number of pyridine rings is 1. The maximum absolute atomic E-state index is 12.8. The third-order valence-electron chi connectivity index (χ3n) is 4.09. The normalized spacial score (nSPS) is 18.4. The molecule has 0 saturated carbocycles. The zero-order valence-electron chi connectivity index (χ0n) is 14.2. The lowest BCUT2D eigenvalue weighted by Crippen LogP contribution is -2.41. The summed E-state index contributed by atoms with van der Waals surface area (Å²) >= 11 is 5.81. The van der Waals surface area contributed by atoms with Crippen molar-refractivity contribution in [2.75, 3.05) is 6.54 Å². The van der Waals surface area contributed by atoms with Gasteiger partial charge in [0, 0.05) is 29.5 Å². The smallest absolute Gasteiger partial charge is 0.353 e. The van der Waals surface area contributed by atoms with Gasteiger partial charge < -0.3 is 10.6 Å². The van der Waals surface area contributed by atoms with E-state index in [0.717, 1.165) is 4.31 Å². The molecule has 0 bridgehead atoms. The highest BCUT2D eigenvalue weighted by Crippen LogP contribution is 2.27. The van der Waals surface area contributed by atoms with Crippen molar-refractivity contribution in [2.24, 2.45) is 10.9 Å². The number of nitrogens with two attached hydrogens (primary N) is 1. The van der Waals surface area contributed by atoms with Crippen LogP contribution < -0.4 is 5.73 Å². The van der Waals surface area contributed by atoms with E-state index in [1.807, 2.05) is 0 Å². The minimum Gasteiger partial charge on any atom is -0.380 e. The van der Waals surface area contributed by atoms with Crippen LogP contribution in [0.3, 0.4) is 0 Å². The summed E-state index contributed by atoms with van der Waals surface area (Å²) in [4.78, 5) is 21.2. The van der Waals surface area contributed by atoms with Gasteiger partial charge in [0.15, 0.2) is 5.84 Å². The molecule has 1 aliphatic heterocycles. The third-order valence-corrected chi connectivity index (χ3v) is 6.26. The number of carbonyl (C=O) groups excluding carboxylic acids is 1. The van der Waals surface area contributed by atoms with Crippen LogP contribution in [0.5, 0.6) is 0 Å². The summed E-state index contributed by atoms with van der Waals surface area (Å²) in [5.74, 6) is -0.807. The highest BCUT2D eigenvalue weighted by Gasteiger charge is 2.40. The maximum Gasteiger partial charge on any atom is 0.353 e. The molecule has 0 radical (unpaired) electrons. The fraction of sp³-hybridized carbons (Fsp3) is 0.235. The van der Waals surface area contributed by atoms with Crippen LogP contribution >= 0.6 is 11.6 Å². The number of hydrogen-bond acceptors (Lipinski definition) is 6. The number of benzene rings is 1. The molecule has 10 heteroatoms. The first-order chi connectivity index (χ1) is 12.9. The minimum absolute atomic E-state index is 0.0263. The molecular weight excluding hydrogens is 392 g/mol. The van der Waals surface area contributed by atoms with Crippen LogP contribution in [-0.2, 0) is 19.7 Å². The third kappa shape index (κ3) is 4.26. The van der Waals surface area contributed by atoms with Crippen LogP contribution in [0.4, 0.5) is 0 Å². The molecule has 0 amide bonds. The van der Waals surface area contributed by atoms with Gasteiger partial charge in [-0.1, -0.05) is 16.8 Å². The number of carbonyl (C=O) groups is 1. The van der Waals surface area contributed by atoms with E-state index in [2.05, 4.69) is 10.1 Å². The molecule has 0 aliphatic carbocycles. The monoisotopic (exact) mass is 408 g/mol. The van der Waals surface area contributed by atoms with Crippen LogP contribution in [-0.4, -0.2) is 42.1 Å². The fourth-order valence-corrected chi connectivity index (χ4v) is 4.50. The van der Waals surface area contributed by atoms with E-state index in [1.165, 1.54) is 30.5 Å². The Balaban J connectivity index is 1.75. The Kier molecular flexibility index (Phi) is 5.73. The van der Waals surface area contributed by atoms with Crippen molar-refractivity contribution in [1.82, 2.24) is 9.29 Å². The first kappa shape index (κ1) is 19.3. The van der Waals surface area contributed by atoms with Gasteiger partial charge in [-0.2, -0.15) is 4.31 Å². The Morgan fingerprint density at radius 1 is 1.30 bits per heavy atom. The van der Waals surface area contributed by atoms with Gasteiger partial charge in [-0.05, 0) is 49.2 Å². The van der Waals surface area contributed by atoms with Gasteiger partial charge in [-0.3, -0.25) is 4.98 Å². The molecule has 1 aliphatic rings. The lowest BCUT2D eigenvalue weighted by Gasteiger charge is -2.21. The van der Waals surface area contributed by atoms with Gasteiger partial charge in [0.05, 0.1) is 4.90 Å². The number of halogens is 1. The summed E-state index contributed by atoms with van der Waals surface area (Å²) in [6.07, 6.45) is 3.92. The molecule has 3 rings (SSSR count). The topological polar surface area (TPSA) is 115 Å². The largest absolute Gasteiger partial charge is 0.380 e. The molecule has 1 saturated heterocycles. The number of oxime groups is 1. The van der Waals surface area contributed by atoms with Crippen molar-refractivity contribution in [1.29, 1.82) is 0 Å². The molecule has 2 N–H and O–H groups in total. The van der Waals surface area contributed by atoms with Gasteiger partial charge in [0.25, 0.3) is 0 Å². The number of amidine groups is 1. The van der Waals surface area contributed by atoms with Gasteiger partial charge in [0.1, 0.15) is 6.04 Å². The molecule has 1 aromatic carbocycles. The highest BCUT2D eigenvalue weighted by atomic mass is 35.5. The molecule has 8 nitrogen and oxygen atoms in total. The van der Waals surface area contributed by atoms with Crippen LogP contribution in [0.25, 0.3) is 0 Å². The Morgan fingerprint density at radius 2 is 2.04 bits per heavy atom. The minimum atomic E-state index is -3.86. The number of aromatic nitrogens is 1. The summed E-state index contributed by atoms with van der Waals surface area (Å²) in [5, 5.41) is 4.03. The van der Waals surface area contributed by atoms with E-state index in [0.29, 0.717) is 23.4 Å². The number of nitrogens with zero attached hydrogens (tertiary/aromatic N) is 3. The van der Waals surface area contributed by atoms with E-state index in [-0.39, 0.29) is 17.3 Å². The second kappa shape index (κ2) is 8.03. The van der Waals surface area contributed by atoms with Crippen molar-refractivity contribution in [2.45, 2.75) is 23.8 Å². The quantitative estimate of drug-likeness (QED) is 0.349. The lowest BCUT2D eigenvalue weighted by atomic mass is 10.2. The molecule has 2 heterocycles. The van der Waals surface area contributed by atoms with Crippen LogP contribution in [0, 0.1) is 0 Å². The molecule has 0 spiro atoms. The first-order valence-electron chi connectivity index (χ1n) is 8.12. The maximum atomic E-state index is 12.8. The SMILES string of the molecule is N/C(=N\OC(=O)[C@H]1CCCN1S(=O)(=O)c1ccc(Cl)cc1)c1cccnc1. The zero-order chi connectivity index (χ0) is 19.4. The van der Waals surface area contributed by atoms with Crippen LogP contribution in [0.15, 0.2) is 58.8 Å². The molecule has 0 unspecified atom stereocenters. The molecular formula is C17H17ClN4O4S. The highest BCUT2D eigenvalue weighted by molar-refractivity contribution is 7.89. The summed E-state index contributed by atoms with van der Waals surface area (Å²) in [6.45, 7) is 0.215. The van der Waals surface area contributed by atoms with E-state index in [4.69, 9.17) is 22.2 Å². The standard InChI is InChI=1S/C17H17ClN4O4S/c18-13-5-7-14(8-6-13)27(24,25)22-10-2-4-15(22)17(23)26-21-16(19)12-3-1-9-20-11-12/h1,3,5-9,11,15H,2,4,10H2,(H2,19,21)/t15-/m1/s1. The summed E-state index contributed by atoms with van der Waals surface area (Å²) in [7, 11) is -3.86. The van der Waals surface area contributed by atoms with Gasteiger partial charge >= 0.3 is 5.97 Å². The Labute approximate surface area is 161 Å². The molecule has 1 aromatic heterocycles. The van der Waals surface area contributed by atoms with E-state index in [1.54, 1.807) is 18.3 Å². The average molecular weight is 409 g/mol. The van der Waals surface area contributed by atoms with Gasteiger partial charge in [-0.25, -0.2) is 13.2 Å². The average Bonchev–Trinajstić information content (AvgIpc) is 3.18. The van der Waals surface area contributed by atoms with Crippen LogP contribution in [0.2, 0.25) is 5.02 Å². The number of rotatable bonds is 5. The fourth-order valence-electron chi connectivity index (χ4n) is 2.73. The Hall–Kier alpha value is -2.49. The van der Waals surface area contributed by atoms with E-state index in [9.17, 15) is 13.2 Å². The summed E-state index contributed by atoms with van der Waals surface area (Å²) < 4.78 is 26.8. The van der Waals surface area contributed by atoms with Crippen LogP contribution in [0.1, 0.15) is 18.4 Å². The first-order valence-corrected chi connectivity index (χ1v) is 9.93. The van der Waals surface area contributed by atoms with Gasteiger partial charge in [0.2, 0.25) is 10.0 Å². The lowest BCUT2D eigenvalue weighted by molar-refractivity contribution is -0.147. The second-order valence-corrected chi connectivity index (χ2v) is 8.18. The van der Waals surface area contributed by atoms with Crippen molar-refractivity contribution in [3.63, 3.8) is 0 Å². The van der Waals surface area contributed by atoms with Crippen molar-refractivity contribution >= 4 is 33.4 Å². The zero-order valence-corrected chi connectivity index (χ0v) is 15.7. The molecule has 1 fully saturated rings. The number of sulfonamides is 1. The van der Waals surface area contributed by atoms with Crippen molar-refractivity contribution in [3.05, 3.63) is 59.4 Å². The van der Waals surface area contributed by atoms with Crippen molar-refractivity contribution < 1.29 is 18.0 Å². The Bertz CT molecular complexity index is 949. The molecule has 2 aromatic rings. The van der Waals surface area contributed by atoms with E-state index >= 15 is 0 Å². The molecule has 27 heavy (non-hydrogen) atoms. The van der Waals surface area contributed by atoms with Gasteiger partial charge in [-0.15, -0.1) is 0 Å². The Morgan fingerprint density at radius 3 is 2.70 bits per heavy atom. The van der Waals surface area contributed by atoms with Crippen molar-refractivity contribution in [3.8, 4) is 0 Å². The van der Waals surface area contributed by atoms with E-state index < -0.39 is 22.0 Å². The predicted octanol–water partition coefficient (Wildman–Crippen LogP) is 1.75. The number of hydrogen-bond donors (Lipinski definition) is 1. The molecule has 1 atom stereocenters.